The van der Waals surface area contributed by atoms with Gasteiger partial charge in [-0.15, -0.1) is 0 Å². The number of aromatic nitrogens is 1. The van der Waals surface area contributed by atoms with Gasteiger partial charge in [-0.2, -0.15) is 0 Å². The van der Waals surface area contributed by atoms with Crippen LogP contribution in [0.1, 0.15) is 25.1 Å². The molecule has 0 aliphatic carbocycles. The summed E-state index contributed by atoms with van der Waals surface area (Å²) in [6.07, 6.45) is 1.89. The SMILES string of the molecule is Cc1cc2c(cn1)CNCC(C)(C)O2. The van der Waals surface area contributed by atoms with E-state index in [0.717, 1.165) is 30.1 Å². The average Bonchev–Trinajstić information content (AvgIpc) is 2.21. The lowest BCUT2D eigenvalue weighted by Gasteiger charge is -2.24. The lowest BCUT2D eigenvalue weighted by atomic mass is 10.1. The van der Waals surface area contributed by atoms with Gasteiger partial charge in [-0.25, -0.2) is 0 Å². The van der Waals surface area contributed by atoms with Gasteiger partial charge in [0.2, 0.25) is 0 Å². The summed E-state index contributed by atoms with van der Waals surface area (Å²) in [4.78, 5) is 4.26. The normalized spacial score (nSPS) is 19.4. The fourth-order valence-corrected chi connectivity index (χ4v) is 1.62. The first-order valence-corrected chi connectivity index (χ1v) is 4.92. The van der Waals surface area contributed by atoms with Gasteiger partial charge in [0.25, 0.3) is 0 Å². The Morgan fingerprint density at radius 1 is 1.50 bits per heavy atom. The van der Waals surface area contributed by atoms with Gasteiger partial charge in [-0.05, 0) is 20.8 Å². The van der Waals surface area contributed by atoms with Crippen LogP contribution in [0.3, 0.4) is 0 Å². The predicted octanol–water partition coefficient (Wildman–Crippen LogP) is 1.65. The lowest BCUT2D eigenvalue weighted by molar-refractivity contribution is 0.115. The van der Waals surface area contributed by atoms with Gasteiger partial charge in [0, 0.05) is 36.6 Å². The van der Waals surface area contributed by atoms with Crippen LogP contribution in [0.15, 0.2) is 12.3 Å². The standard InChI is InChI=1S/C11H16N2O/c1-8-4-10-9(6-13-8)5-12-7-11(2,3)14-10/h4,6,12H,5,7H2,1-3H3. The van der Waals surface area contributed by atoms with E-state index in [-0.39, 0.29) is 5.60 Å². The molecule has 3 nitrogen and oxygen atoms in total. The van der Waals surface area contributed by atoms with E-state index in [4.69, 9.17) is 4.74 Å². The summed E-state index contributed by atoms with van der Waals surface area (Å²) in [6, 6.07) is 2.00. The molecule has 0 amide bonds. The first-order chi connectivity index (χ1) is 6.57. The van der Waals surface area contributed by atoms with E-state index < -0.39 is 0 Å². The van der Waals surface area contributed by atoms with Crippen molar-refractivity contribution in [2.24, 2.45) is 0 Å². The molecule has 2 heterocycles. The van der Waals surface area contributed by atoms with Gasteiger partial charge in [0.05, 0.1) is 0 Å². The molecule has 14 heavy (non-hydrogen) atoms. The third-order valence-corrected chi connectivity index (χ3v) is 2.33. The second kappa shape index (κ2) is 3.24. The minimum absolute atomic E-state index is 0.140. The molecule has 3 heteroatoms. The topological polar surface area (TPSA) is 34.2 Å². The van der Waals surface area contributed by atoms with E-state index in [9.17, 15) is 0 Å². The van der Waals surface area contributed by atoms with Crippen molar-refractivity contribution in [2.75, 3.05) is 6.54 Å². The molecule has 0 fully saturated rings. The highest BCUT2D eigenvalue weighted by Crippen LogP contribution is 2.25. The molecule has 0 atom stereocenters. The summed E-state index contributed by atoms with van der Waals surface area (Å²) in [7, 11) is 0. The van der Waals surface area contributed by atoms with Crippen molar-refractivity contribution in [2.45, 2.75) is 32.9 Å². The molecule has 0 saturated carbocycles. The van der Waals surface area contributed by atoms with Crippen LogP contribution in [0.2, 0.25) is 0 Å². The van der Waals surface area contributed by atoms with Gasteiger partial charge in [0.15, 0.2) is 0 Å². The largest absolute Gasteiger partial charge is 0.486 e. The fraction of sp³-hybridized carbons (Fsp3) is 0.545. The van der Waals surface area contributed by atoms with Crippen molar-refractivity contribution < 1.29 is 4.74 Å². The number of rotatable bonds is 0. The Morgan fingerprint density at radius 2 is 2.29 bits per heavy atom. The van der Waals surface area contributed by atoms with Crippen LogP contribution in [0.4, 0.5) is 0 Å². The third kappa shape index (κ3) is 1.87. The van der Waals surface area contributed by atoms with E-state index >= 15 is 0 Å². The van der Waals surface area contributed by atoms with E-state index in [2.05, 4.69) is 24.1 Å². The summed E-state index contributed by atoms with van der Waals surface area (Å²) in [5.74, 6) is 0.965. The van der Waals surface area contributed by atoms with Crippen molar-refractivity contribution in [1.82, 2.24) is 10.3 Å². The number of pyridine rings is 1. The number of aryl methyl sites for hydroxylation is 1. The maximum Gasteiger partial charge on any atom is 0.128 e. The Hall–Kier alpha value is -1.09. The number of ether oxygens (including phenoxy) is 1. The fourth-order valence-electron chi connectivity index (χ4n) is 1.62. The van der Waals surface area contributed by atoms with Crippen LogP contribution in [0, 0.1) is 6.92 Å². The minimum Gasteiger partial charge on any atom is -0.486 e. The van der Waals surface area contributed by atoms with Gasteiger partial charge < -0.3 is 10.1 Å². The van der Waals surface area contributed by atoms with Crippen LogP contribution in [0.25, 0.3) is 0 Å². The maximum absolute atomic E-state index is 5.92. The molecule has 1 aliphatic rings. The van der Waals surface area contributed by atoms with E-state index in [0.29, 0.717) is 0 Å². The molecule has 0 radical (unpaired) electrons. The Labute approximate surface area is 84.5 Å². The molecule has 2 rings (SSSR count). The average molecular weight is 192 g/mol. The monoisotopic (exact) mass is 192 g/mol. The Kier molecular flexibility index (Phi) is 2.19. The van der Waals surface area contributed by atoms with Crippen LogP contribution in [-0.2, 0) is 6.54 Å². The third-order valence-electron chi connectivity index (χ3n) is 2.33. The van der Waals surface area contributed by atoms with Crippen LogP contribution < -0.4 is 10.1 Å². The zero-order valence-electron chi connectivity index (χ0n) is 8.92. The highest BCUT2D eigenvalue weighted by Gasteiger charge is 2.24. The molecule has 1 aromatic heterocycles. The number of hydrogen-bond acceptors (Lipinski definition) is 3. The summed E-state index contributed by atoms with van der Waals surface area (Å²) in [6.45, 7) is 7.86. The second-order valence-electron chi connectivity index (χ2n) is 4.40. The van der Waals surface area contributed by atoms with Crippen LogP contribution >= 0.6 is 0 Å². The first kappa shape index (κ1) is 9.46. The highest BCUT2D eigenvalue weighted by molar-refractivity contribution is 5.34. The van der Waals surface area contributed by atoms with Gasteiger partial charge in [-0.1, -0.05) is 0 Å². The van der Waals surface area contributed by atoms with Crippen molar-refractivity contribution in [3.63, 3.8) is 0 Å². The van der Waals surface area contributed by atoms with E-state index in [1.165, 1.54) is 0 Å². The maximum atomic E-state index is 5.92. The van der Waals surface area contributed by atoms with Gasteiger partial charge >= 0.3 is 0 Å². The minimum atomic E-state index is -0.140. The molecular formula is C11H16N2O. The summed E-state index contributed by atoms with van der Waals surface area (Å²) in [5.41, 5.74) is 2.00. The number of nitrogens with zero attached hydrogens (tertiary/aromatic N) is 1. The second-order valence-corrected chi connectivity index (χ2v) is 4.40. The van der Waals surface area contributed by atoms with Gasteiger partial charge in [-0.3, -0.25) is 4.98 Å². The zero-order chi connectivity index (χ0) is 10.2. The van der Waals surface area contributed by atoms with Crippen molar-refractivity contribution in [1.29, 1.82) is 0 Å². The summed E-state index contributed by atoms with van der Waals surface area (Å²) >= 11 is 0. The smallest absolute Gasteiger partial charge is 0.128 e. The van der Waals surface area contributed by atoms with E-state index in [1.807, 2.05) is 19.2 Å². The van der Waals surface area contributed by atoms with Crippen molar-refractivity contribution in [3.05, 3.63) is 23.5 Å². The number of hydrogen-bond donors (Lipinski definition) is 1. The highest BCUT2D eigenvalue weighted by atomic mass is 16.5. The molecule has 1 aliphatic heterocycles. The van der Waals surface area contributed by atoms with Crippen molar-refractivity contribution >= 4 is 0 Å². The predicted molar refractivity (Wildman–Crippen MR) is 55.4 cm³/mol. The molecule has 0 bridgehead atoms. The molecule has 1 N–H and O–H groups in total. The number of nitrogens with one attached hydrogen (secondary N) is 1. The Bertz CT molecular complexity index is 347. The van der Waals surface area contributed by atoms with Crippen LogP contribution in [0.5, 0.6) is 5.75 Å². The first-order valence-electron chi connectivity index (χ1n) is 4.92. The van der Waals surface area contributed by atoms with E-state index in [1.54, 1.807) is 0 Å². The zero-order valence-corrected chi connectivity index (χ0v) is 8.92. The summed E-state index contributed by atoms with van der Waals surface area (Å²) in [5, 5.41) is 3.35. The quantitative estimate of drug-likeness (QED) is 0.678. The molecule has 0 unspecified atom stereocenters. The molecule has 76 valence electrons. The Balaban J connectivity index is 2.38. The summed E-state index contributed by atoms with van der Waals surface area (Å²) < 4.78 is 5.92. The van der Waals surface area contributed by atoms with Crippen molar-refractivity contribution in [3.8, 4) is 5.75 Å². The molecule has 0 aromatic carbocycles. The molecule has 0 spiro atoms. The lowest BCUT2D eigenvalue weighted by Crippen LogP contribution is -2.37. The molecule has 0 saturated heterocycles. The van der Waals surface area contributed by atoms with Gasteiger partial charge in [0.1, 0.15) is 11.4 Å². The number of fused-ring (bicyclic) bond motifs is 1. The Morgan fingerprint density at radius 3 is 3.07 bits per heavy atom. The molecule has 1 aromatic rings. The molecular weight excluding hydrogens is 176 g/mol. The van der Waals surface area contributed by atoms with Crippen LogP contribution in [-0.4, -0.2) is 17.1 Å².